The Bertz CT molecular complexity index is 617. The second-order valence-electron chi connectivity index (χ2n) is 9.71. The SMILES string of the molecule is CC[C@H]1CC[C@H]2[C@@H]3CC(=O)C4=CC(=O)[C@H](C)C[C@]4(C)[C@H]3CC[C@]12C. The highest BCUT2D eigenvalue weighted by atomic mass is 16.1. The molecule has 0 N–H and O–H groups in total. The second kappa shape index (κ2) is 5.29. The van der Waals surface area contributed by atoms with Gasteiger partial charge in [-0.05, 0) is 72.7 Å². The first kappa shape index (κ1) is 16.5. The van der Waals surface area contributed by atoms with E-state index in [2.05, 4.69) is 20.8 Å². The van der Waals surface area contributed by atoms with E-state index < -0.39 is 0 Å². The molecule has 2 nitrogen and oxygen atoms in total. The molecule has 0 radical (unpaired) electrons. The molecule has 0 aliphatic heterocycles. The molecule has 0 bridgehead atoms. The fraction of sp³-hybridized carbons (Fsp3) is 0.818. The maximum absolute atomic E-state index is 13.0. The van der Waals surface area contributed by atoms with E-state index in [1.807, 2.05) is 6.92 Å². The van der Waals surface area contributed by atoms with Crippen LogP contribution in [0.5, 0.6) is 0 Å². The zero-order chi connectivity index (χ0) is 17.3. The molecule has 4 aliphatic rings. The summed E-state index contributed by atoms with van der Waals surface area (Å²) in [4.78, 5) is 25.1. The number of carbonyl (C=O) groups is 2. The van der Waals surface area contributed by atoms with Gasteiger partial charge in [-0.2, -0.15) is 0 Å². The summed E-state index contributed by atoms with van der Waals surface area (Å²) in [5.41, 5.74) is 1.27. The van der Waals surface area contributed by atoms with Crippen LogP contribution in [0.2, 0.25) is 0 Å². The first-order valence-electron chi connectivity index (χ1n) is 10.1. The molecular weight excluding hydrogens is 296 g/mol. The molecule has 0 aromatic rings. The van der Waals surface area contributed by atoms with Gasteiger partial charge < -0.3 is 0 Å². The van der Waals surface area contributed by atoms with Crippen molar-refractivity contribution >= 4 is 11.6 Å². The fourth-order valence-electron chi connectivity index (χ4n) is 7.51. The van der Waals surface area contributed by atoms with Crippen molar-refractivity contribution in [3.8, 4) is 0 Å². The van der Waals surface area contributed by atoms with E-state index in [-0.39, 0.29) is 22.9 Å². The number of rotatable bonds is 1. The zero-order valence-electron chi connectivity index (χ0n) is 15.7. The van der Waals surface area contributed by atoms with Gasteiger partial charge in [-0.3, -0.25) is 9.59 Å². The standard InChI is InChI=1S/C22H32O2/c1-5-14-6-7-16-15-10-20(24)18-11-19(23)13(2)12-22(18,4)17(15)8-9-21(14,16)3/h11,13-17H,5-10,12H2,1-4H3/t13-,14+,15+,16+,17+,21-,22-/m1/s1. The quantitative estimate of drug-likeness (QED) is 0.681. The van der Waals surface area contributed by atoms with Crippen molar-refractivity contribution in [1.82, 2.24) is 0 Å². The van der Waals surface area contributed by atoms with Gasteiger partial charge in [0.15, 0.2) is 11.6 Å². The molecule has 0 saturated heterocycles. The number of Topliss-reactive ketones (excluding diaryl/α,β-unsaturated/α-hetero) is 1. The second-order valence-corrected chi connectivity index (χ2v) is 9.71. The summed E-state index contributed by atoms with van der Waals surface area (Å²) in [5.74, 6) is 3.24. The van der Waals surface area contributed by atoms with Crippen molar-refractivity contribution in [3.63, 3.8) is 0 Å². The van der Waals surface area contributed by atoms with Crippen LogP contribution in [0, 0.1) is 40.4 Å². The molecule has 2 heteroatoms. The average Bonchev–Trinajstić information content (AvgIpc) is 2.87. The highest BCUT2D eigenvalue weighted by Gasteiger charge is 2.60. The monoisotopic (exact) mass is 328 g/mol. The summed E-state index contributed by atoms with van der Waals surface area (Å²) in [6, 6.07) is 0. The molecule has 0 aromatic carbocycles. The number of ketones is 2. The van der Waals surface area contributed by atoms with Gasteiger partial charge in [-0.1, -0.05) is 34.1 Å². The Balaban J connectivity index is 1.73. The number of carbonyl (C=O) groups excluding carboxylic acids is 2. The number of hydrogen-bond acceptors (Lipinski definition) is 2. The van der Waals surface area contributed by atoms with E-state index in [0.717, 1.165) is 23.8 Å². The van der Waals surface area contributed by atoms with Crippen LogP contribution >= 0.6 is 0 Å². The summed E-state index contributed by atoms with van der Waals surface area (Å²) in [7, 11) is 0. The molecular formula is C22H32O2. The van der Waals surface area contributed by atoms with Crippen LogP contribution in [-0.2, 0) is 9.59 Å². The lowest BCUT2D eigenvalue weighted by Gasteiger charge is -2.58. The Hall–Kier alpha value is -0.920. The molecule has 0 aromatic heterocycles. The van der Waals surface area contributed by atoms with Gasteiger partial charge in [0.1, 0.15) is 0 Å². The van der Waals surface area contributed by atoms with E-state index in [4.69, 9.17) is 0 Å². The Labute approximate surface area is 146 Å². The van der Waals surface area contributed by atoms with Crippen LogP contribution < -0.4 is 0 Å². The maximum atomic E-state index is 13.0. The van der Waals surface area contributed by atoms with Gasteiger partial charge in [0.25, 0.3) is 0 Å². The highest BCUT2D eigenvalue weighted by Crippen LogP contribution is 2.66. The number of hydrogen-bond donors (Lipinski definition) is 0. The van der Waals surface area contributed by atoms with E-state index in [9.17, 15) is 9.59 Å². The molecule has 0 spiro atoms. The van der Waals surface area contributed by atoms with E-state index in [1.165, 1.54) is 32.1 Å². The normalized spacial score (nSPS) is 50.8. The first-order valence-corrected chi connectivity index (χ1v) is 10.1. The third-order valence-electron chi connectivity index (χ3n) is 8.78. The summed E-state index contributed by atoms with van der Waals surface area (Å²) in [6.45, 7) is 9.20. The molecule has 24 heavy (non-hydrogen) atoms. The van der Waals surface area contributed by atoms with E-state index in [1.54, 1.807) is 6.08 Å². The lowest BCUT2D eigenvalue weighted by molar-refractivity contribution is -0.133. The van der Waals surface area contributed by atoms with Crippen LogP contribution in [0.4, 0.5) is 0 Å². The smallest absolute Gasteiger partial charge is 0.159 e. The number of allylic oxidation sites excluding steroid dienone is 1. The molecule has 3 saturated carbocycles. The zero-order valence-corrected chi connectivity index (χ0v) is 15.7. The lowest BCUT2D eigenvalue weighted by atomic mass is 9.46. The van der Waals surface area contributed by atoms with Crippen molar-refractivity contribution in [1.29, 1.82) is 0 Å². The maximum Gasteiger partial charge on any atom is 0.159 e. The van der Waals surface area contributed by atoms with Gasteiger partial charge >= 0.3 is 0 Å². The predicted octanol–water partition coefficient (Wildman–Crippen LogP) is 4.97. The topological polar surface area (TPSA) is 34.1 Å². The number of fused-ring (bicyclic) bond motifs is 5. The van der Waals surface area contributed by atoms with Crippen LogP contribution in [0.1, 0.15) is 72.6 Å². The van der Waals surface area contributed by atoms with Crippen molar-refractivity contribution < 1.29 is 9.59 Å². The van der Waals surface area contributed by atoms with Gasteiger partial charge in [0.05, 0.1) is 0 Å². The van der Waals surface area contributed by atoms with Gasteiger partial charge in [-0.15, -0.1) is 0 Å². The third kappa shape index (κ3) is 2.01. The van der Waals surface area contributed by atoms with Crippen molar-refractivity contribution in [3.05, 3.63) is 11.6 Å². The largest absolute Gasteiger partial charge is 0.295 e. The Morgan fingerprint density at radius 1 is 1.12 bits per heavy atom. The van der Waals surface area contributed by atoms with Gasteiger partial charge in [0, 0.05) is 17.9 Å². The predicted molar refractivity (Wildman–Crippen MR) is 95.4 cm³/mol. The molecule has 0 heterocycles. The molecule has 0 unspecified atom stereocenters. The van der Waals surface area contributed by atoms with Crippen LogP contribution in [-0.4, -0.2) is 11.6 Å². The molecule has 4 rings (SSSR count). The van der Waals surface area contributed by atoms with Crippen LogP contribution in [0.3, 0.4) is 0 Å². The highest BCUT2D eigenvalue weighted by molar-refractivity contribution is 6.06. The first-order chi connectivity index (χ1) is 11.3. The van der Waals surface area contributed by atoms with Crippen molar-refractivity contribution in [2.75, 3.05) is 0 Å². The summed E-state index contributed by atoms with van der Waals surface area (Å²) in [5, 5.41) is 0. The molecule has 4 aliphatic carbocycles. The molecule has 7 atom stereocenters. The molecule has 132 valence electrons. The van der Waals surface area contributed by atoms with Crippen molar-refractivity contribution in [2.45, 2.75) is 72.6 Å². The minimum atomic E-state index is -0.0566. The average molecular weight is 328 g/mol. The Kier molecular flexibility index (Phi) is 3.64. The summed E-state index contributed by atoms with van der Waals surface area (Å²) in [6.07, 6.45) is 9.81. The summed E-state index contributed by atoms with van der Waals surface area (Å²) >= 11 is 0. The van der Waals surface area contributed by atoms with E-state index >= 15 is 0 Å². The van der Waals surface area contributed by atoms with Gasteiger partial charge in [0.2, 0.25) is 0 Å². The van der Waals surface area contributed by atoms with Crippen LogP contribution in [0.15, 0.2) is 11.6 Å². The lowest BCUT2D eigenvalue weighted by Crippen LogP contribution is -2.53. The minimum Gasteiger partial charge on any atom is -0.295 e. The fourth-order valence-corrected chi connectivity index (χ4v) is 7.51. The third-order valence-corrected chi connectivity index (χ3v) is 8.78. The Morgan fingerprint density at radius 2 is 1.88 bits per heavy atom. The van der Waals surface area contributed by atoms with Gasteiger partial charge in [-0.25, -0.2) is 0 Å². The van der Waals surface area contributed by atoms with Crippen LogP contribution in [0.25, 0.3) is 0 Å². The van der Waals surface area contributed by atoms with E-state index in [0.29, 0.717) is 23.7 Å². The molecule has 3 fully saturated rings. The Morgan fingerprint density at radius 3 is 2.58 bits per heavy atom. The van der Waals surface area contributed by atoms with Crippen molar-refractivity contribution in [2.24, 2.45) is 40.4 Å². The summed E-state index contributed by atoms with van der Waals surface area (Å²) < 4.78 is 0. The molecule has 0 amide bonds. The minimum absolute atomic E-state index is 0.0566.